The van der Waals surface area contributed by atoms with Crippen molar-refractivity contribution < 1.29 is 4.79 Å². The Balaban J connectivity index is 1.80. The van der Waals surface area contributed by atoms with Crippen molar-refractivity contribution >= 4 is 5.91 Å². The van der Waals surface area contributed by atoms with Gasteiger partial charge >= 0.3 is 0 Å². The first kappa shape index (κ1) is 14.1. The lowest BCUT2D eigenvalue weighted by Crippen LogP contribution is -2.41. The first-order chi connectivity index (χ1) is 9.16. The lowest BCUT2D eigenvalue weighted by atomic mass is 10.1. The highest BCUT2D eigenvalue weighted by Crippen LogP contribution is 2.13. The normalized spacial score (nSPS) is 17.3. The van der Waals surface area contributed by atoms with Gasteiger partial charge in [-0.1, -0.05) is 29.8 Å². The first-order valence-electron chi connectivity index (χ1n) is 7.24. The standard InChI is InChI=1S/C16H24N2O/c1-13-6-8-15(9-7-13)14(2)17-12-16(19)18-10-4-3-5-11-18/h6-9,14,17H,3-5,10-12H2,1-2H3/t14-/m1/s1. The number of aryl methyl sites for hydroxylation is 1. The monoisotopic (exact) mass is 260 g/mol. The van der Waals surface area contributed by atoms with Crippen LogP contribution >= 0.6 is 0 Å². The summed E-state index contributed by atoms with van der Waals surface area (Å²) < 4.78 is 0. The molecule has 0 unspecified atom stereocenters. The first-order valence-corrected chi connectivity index (χ1v) is 7.24. The Morgan fingerprint density at radius 3 is 2.47 bits per heavy atom. The van der Waals surface area contributed by atoms with Crippen molar-refractivity contribution in [2.75, 3.05) is 19.6 Å². The van der Waals surface area contributed by atoms with E-state index in [0.29, 0.717) is 6.54 Å². The van der Waals surface area contributed by atoms with Gasteiger partial charge in [-0.05, 0) is 38.7 Å². The van der Waals surface area contributed by atoms with Crippen LogP contribution in [0.3, 0.4) is 0 Å². The summed E-state index contributed by atoms with van der Waals surface area (Å²) in [6.45, 7) is 6.49. The predicted molar refractivity (Wildman–Crippen MR) is 78.0 cm³/mol. The van der Waals surface area contributed by atoms with Gasteiger partial charge < -0.3 is 10.2 Å². The Bertz CT molecular complexity index is 407. The van der Waals surface area contributed by atoms with Crippen LogP contribution in [-0.2, 0) is 4.79 Å². The molecule has 3 heteroatoms. The molecule has 1 saturated heterocycles. The third kappa shape index (κ3) is 4.06. The number of carbonyl (C=O) groups is 1. The fourth-order valence-electron chi connectivity index (χ4n) is 2.47. The molecular formula is C16H24N2O. The van der Waals surface area contributed by atoms with Crippen molar-refractivity contribution in [3.05, 3.63) is 35.4 Å². The van der Waals surface area contributed by atoms with Crippen LogP contribution in [0.1, 0.15) is 43.4 Å². The van der Waals surface area contributed by atoms with E-state index in [1.54, 1.807) is 0 Å². The largest absolute Gasteiger partial charge is 0.342 e. The van der Waals surface area contributed by atoms with Crippen molar-refractivity contribution in [2.45, 2.75) is 39.2 Å². The number of hydrogen-bond acceptors (Lipinski definition) is 2. The molecule has 104 valence electrons. The SMILES string of the molecule is Cc1ccc([C@@H](C)NCC(=O)N2CCCCC2)cc1. The van der Waals surface area contributed by atoms with Gasteiger partial charge in [-0.2, -0.15) is 0 Å². The molecule has 1 heterocycles. The molecule has 0 aromatic heterocycles. The van der Waals surface area contributed by atoms with Crippen molar-refractivity contribution in [3.63, 3.8) is 0 Å². The molecule has 3 nitrogen and oxygen atoms in total. The van der Waals surface area contributed by atoms with E-state index < -0.39 is 0 Å². The van der Waals surface area contributed by atoms with Crippen molar-refractivity contribution in [3.8, 4) is 0 Å². The molecule has 1 fully saturated rings. The molecule has 0 radical (unpaired) electrons. The van der Waals surface area contributed by atoms with Crippen LogP contribution in [0.25, 0.3) is 0 Å². The summed E-state index contributed by atoms with van der Waals surface area (Å²) >= 11 is 0. The zero-order chi connectivity index (χ0) is 13.7. The van der Waals surface area contributed by atoms with Gasteiger partial charge in [-0.3, -0.25) is 4.79 Å². The molecule has 1 aliphatic heterocycles. The number of piperidine rings is 1. The Hall–Kier alpha value is -1.35. The topological polar surface area (TPSA) is 32.3 Å². The summed E-state index contributed by atoms with van der Waals surface area (Å²) in [7, 11) is 0. The predicted octanol–water partition coefficient (Wildman–Crippen LogP) is 2.66. The highest BCUT2D eigenvalue weighted by Gasteiger charge is 2.16. The second-order valence-corrected chi connectivity index (χ2v) is 5.45. The molecule has 0 spiro atoms. The summed E-state index contributed by atoms with van der Waals surface area (Å²) in [5, 5.41) is 3.32. The summed E-state index contributed by atoms with van der Waals surface area (Å²) in [6.07, 6.45) is 3.56. The lowest BCUT2D eigenvalue weighted by molar-refractivity contribution is -0.131. The zero-order valence-corrected chi connectivity index (χ0v) is 12.0. The van der Waals surface area contributed by atoms with Gasteiger partial charge in [-0.25, -0.2) is 0 Å². The Labute approximate surface area is 116 Å². The van der Waals surface area contributed by atoms with Gasteiger partial charge in [0.2, 0.25) is 5.91 Å². The van der Waals surface area contributed by atoms with Crippen molar-refractivity contribution in [1.29, 1.82) is 0 Å². The molecule has 2 rings (SSSR count). The van der Waals surface area contributed by atoms with E-state index in [9.17, 15) is 4.79 Å². The molecule has 0 bridgehead atoms. The molecule has 1 N–H and O–H groups in total. The Morgan fingerprint density at radius 1 is 1.21 bits per heavy atom. The second-order valence-electron chi connectivity index (χ2n) is 5.45. The van der Waals surface area contributed by atoms with Gasteiger partial charge in [0, 0.05) is 19.1 Å². The molecule has 1 aromatic carbocycles. The average molecular weight is 260 g/mol. The summed E-state index contributed by atoms with van der Waals surface area (Å²) in [4.78, 5) is 14.0. The van der Waals surface area contributed by atoms with Crippen LogP contribution in [-0.4, -0.2) is 30.4 Å². The van der Waals surface area contributed by atoms with Gasteiger partial charge in [0.15, 0.2) is 0 Å². The van der Waals surface area contributed by atoms with Gasteiger partial charge in [-0.15, -0.1) is 0 Å². The Morgan fingerprint density at radius 2 is 1.84 bits per heavy atom. The molecular weight excluding hydrogens is 236 g/mol. The summed E-state index contributed by atoms with van der Waals surface area (Å²) in [5.74, 6) is 0.235. The highest BCUT2D eigenvalue weighted by molar-refractivity contribution is 5.78. The summed E-state index contributed by atoms with van der Waals surface area (Å²) in [5.41, 5.74) is 2.50. The van der Waals surface area contributed by atoms with Crippen molar-refractivity contribution in [2.24, 2.45) is 0 Å². The number of hydrogen-bond donors (Lipinski definition) is 1. The molecule has 1 atom stereocenters. The molecule has 19 heavy (non-hydrogen) atoms. The van der Waals surface area contributed by atoms with E-state index >= 15 is 0 Å². The fraction of sp³-hybridized carbons (Fsp3) is 0.562. The lowest BCUT2D eigenvalue weighted by Gasteiger charge is -2.27. The van der Waals surface area contributed by atoms with Crippen molar-refractivity contribution in [1.82, 2.24) is 10.2 Å². The zero-order valence-electron chi connectivity index (χ0n) is 12.0. The highest BCUT2D eigenvalue weighted by atomic mass is 16.2. The van der Waals surface area contributed by atoms with Crippen LogP contribution in [0.2, 0.25) is 0 Å². The van der Waals surface area contributed by atoms with E-state index in [0.717, 1.165) is 25.9 Å². The maximum atomic E-state index is 12.1. The minimum absolute atomic E-state index is 0.217. The molecule has 1 amide bonds. The van der Waals surface area contributed by atoms with Crippen LogP contribution < -0.4 is 5.32 Å². The quantitative estimate of drug-likeness (QED) is 0.902. The van der Waals surface area contributed by atoms with Gasteiger partial charge in [0.05, 0.1) is 6.54 Å². The molecule has 0 aliphatic carbocycles. The van der Waals surface area contributed by atoms with E-state index in [1.807, 2.05) is 4.90 Å². The number of carbonyl (C=O) groups excluding carboxylic acids is 1. The molecule has 1 aliphatic rings. The van der Waals surface area contributed by atoms with Gasteiger partial charge in [0.1, 0.15) is 0 Å². The van der Waals surface area contributed by atoms with E-state index in [1.165, 1.54) is 17.5 Å². The molecule has 0 saturated carbocycles. The number of nitrogens with one attached hydrogen (secondary N) is 1. The smallest absolute Gasteiger partial charge is 0.236 e. The van der Waals surface area contributed by atoms with Crippen LogP contribution in [0, 0.1) is 6.92 Å². The van der Waals surface area contributed by atoms with E-state index in [-0.39, 0.29) is 11.9 Å². The van der Waals surface area contributed by atoms with Gasteiger partial charge in [0.25, 0.3) is 0 Å². The Kier molecular flexibility index (Phi) is 4.97. The fourth-order valence-corrected chi connectivity index (χ4v) is 2.47. The number of amides is 1. The molecule has 1 aromatic rings. The maximum Gasteiger partial charge on any atom is 0.236 e. The van der Waals surface area contributed by atoms with E-state index in [4.69, 9.17) is 0 Å². The third-order valence-electron chi connectivity index (χ3n) is 3.85. The van der Waals surface area contributed by atoms with Crippen LogP contribution in [0.15, 0.2) is 24.3 Å². The van der Waals surface area contributed by atoms with Crippen LogP contribution in [0.5, 0.6) is 0 Å². The van der Waals surface area contributed by atoms with E-state index in [2.05, 4.69) is 43.4 Å². The minimum atomic E-state index is 0.217. The number of benzene rings is 1. The maximum absolute atomic E-state index is 12.1. The second kappa shape index (κ2) is 6.71. The van der Waals surface area contributed by atoms with Crippen LogP contribution in [0.4, 0.5) is 0 Å². The number of nitrogens with zero attached hydrogens (tertiary/aromatic N) is 1. The minimum Gasteiger partial charge on any atom is -0.342 e. The average Bonchev–Trinajstić information content (AvgIpc) is 2.46. The third-order valence-corrected chi connectivity index (χ3v) is 3.85. The number of rotatable bonds is 4. The number of likely N-dealkylation sites (tertiary alicyclic amines) is 1. The summed E-state index contributed by atoms with van der Waals surface area (Å²) in [6, 6.07) is 8.69.